The average molecular weight is 433 g/mol. The fraction of sp³-hybridized carbons (Fsp3) is 0.0588. The number of benzene rings is 3. The third-order valence-electron chi connectivity index (χ3n) is 3.82. The molecule has 0 unspecified atom stereocenters. The zero-order valence-electron chi connectivity index (χ0n) is 14.8. The second kappa shape index (κ2) is 8.28. The molecule has 3 aromatic rings. The molecule has 0 saturated carbocycles. The van der Waals surface area contributed by atoms with E-state index in [1.54, 1.807) is 0 Å². The largest absolute Gasteiger partial charge is 1.00 e. The number of hydrogen-bond acceptors (Lipinski definition) is 6. The monoisotopic (exact) mass is 433 g/mol. The van der Waals surface area contributed by atoms with Crippen molar-refractivity contribution in [3.8, 4) is 5.75 Å². The first-order valence-electron chi connectivity index (χ1n) is 7.57. The molecule has 29 heavy (non-hydrogen) atoms. The van der Waals surface area contributed by atoms with Crippen molar-refractivity contribution in [2.75, 3.05) is 5.73 Å². The number of nitrogens with zero attached hydrogens (tertiary/aromatic N) is 2. The van der Waals surface area contributed by atoms with Crippen LogP contribution in [0.1, 0.15) is 5.56 Å². The van der Waals surface area contributed by atoms with E-state index in [1.165, 1.54) is 24.3 Å². The first-order valence-corrected chi connectivity index (χ1v) is 9.01. The number of hydrogen-bond donors (Lipinski definition) is 2. The van der Waals surface area contributed by atoms with Crippen LogP contribution < -0.4 is 40.4 Å². The SMILES string of the molecule is Nc1ccc2cc(S(=O)(=O)O)cc([O-])c2c1N=Nc1ccccc1C(F)(F)F.[Na+]. The molecule has 3 aromatic carbocycles. The maximum Gasteiger partial charge on any atom is 1.00 e. The Hall–Kier alpha value is -2.18. The second-order valence-electron chi connectivity index (χ2n) is 5.71. The molecule has 0 atom stereocenters. The molecule has 0 bridgehead atoms. The summed E-state index contributed by atoms with van der Waals surface area (Å²) in [7, 11) is -4.63. The second-order valence-corrected chi connectivity index (χ2v) is 7.13. The molecule has 0 fully saturated rings. The Morgan fingerprint density at radius 2 is 1.69 bits per heavy atom. The van der Waals surface area contributed by atoms with Crippen LogP contribution in [0, 0.1) is 0 Å². The van der Waals surface area contributed by atoms with Crippen LogP contribution in [0.15, 0.2) is 63.7 Å². The van der Waals surface area contributed by atoms with Gasteiger partial charge in [0.25, 0.3) is 10.1 Å². The molecule has 0 saturated heterocycles. The quantitative estimate of drug-likeness (QED) is 0.277. The first kappa shape index (κ1) is 23.1. The summed E-state index contributed by atoms with van der Waals surface area (Å²) >= 11 is 0. The maximum absolute atomic E-state index is 13.1. The molecule has 0 radical (unpaired) electrons. The molecule has 0 aromatic heterocycles. The van der Waals surface area contributed by atoms with Crippen molar-refractivity contribution in [1.29, 1.82) is 0 Å². The van der Waals surface area contributed by atoms with Crippen molar-refractivity contribution in [3.63, 3.8) is 0 Å². The Morgan fingerprint density at radius 3 is 2.31 bits per heavy atom. The van der Waals surface area contributed by atoms with Gasteiger partial charge in [0.05, 0.1) is 21.8 Å². The Labute approximate surface area is 185 Å². The minimum Gasteiger partial charge on any atom is -0.872 e. The molecule has 0 spiro atoms. The van der Waals surface area contributed by atoms with Crippen molar-refractivity contribution in [2.24, 2.45) is 10.2 Å². The van der Waals surface area contributed by atoms with Gasteiger partial charge in [0.15, 0.2) is 0 Å². The van der Waals surface area contributed by atoms with Crippen LogP contribution in [-0.2, 0) is 16.3 Å². The van der Waals surface area contributed by atoms with E-state index in [9.17, 15) is 26.7 Å². The summed E-state index contributed by atoms with van der Waals surface area (Å²) in [5.41, 5.74) is 4.04. The molecule has 0 aliphatic rings. The predicted octanol–water partition coefficient (Wildman–Crippen LogP) is 1.18. The third-order valence-corrected chi connectivity index (χ3v) is 4.66. The molecule has 7 nitrogen and oxygen atoms in total. The van der Waals surface area contributed by atoms with Crippen LogP contribution in [0.25, 0.3) is 10.8 Å². The van der Waals surface area contributed by atoms with Crippen LogP contribution in [-0.4, -0.2) is 13.0 Å². The van der Waals surface area contributed by atoms with Gasteiger partial charge in [-0.2, -0.15) is 21.6 Å². The van der Waals surface area contributed by atoms with Crippen molar-refractivity contribution >= 4 is 38.0 Å². The predicted molar refractivity (Wildman–Crippen MR) is 93.2 cm³/mol. The van der Waals surface area contributed by atoms with Crippen molar-refractivity contribution in [2.45, 2.75) is 11.1 Å². The summed E-state index contributed by atoms with van der Waals surface area (Å²) in [6, 6.07) is 8.77. The summed E-state index contributed by atoms with van der Waals surface area (Å²) in [5, 5.41) is 19.6. The molecule has 3 N–H and O–H groups in total. The summed E-state index contributed by atoms with van der Waals surface area (Å²) < 4.78 is 70.9. The normalized spacial score (nSPS) is 12.3. The number of rotatable bonds is 3. The van der Waals surface area contributed by atoms with E-state index in [2.05, 4.69) is 10.2 Å². The average Bonchev–Trinajstić information content (AvgIpc) is 2.59. The van der Waals surface area contributed by atoms with Gasteiger partial charge in [-0.05, 0) is 35.7 Å². The molecule has 0 amide bonds. The van der Waals surface area contributed by atoms with Crippen LogP contribution in [0.2, 0.25) is 0 Å². The first-order chi connectivity index (χ1) is 13.0. The number of nitrogen functional groups attached to an aromatic ring is 1. The zero-order valence-corrected chi connectivity index (χ0v) is 17.6. The maximum atomic E-state index is 13.1. The number of fused-ring (bicyclic) bond motifs is 1. The smallest absolute Gasteiger partial charge is 0.872 e. The summed E-state index contributed by atoms with van der Waals surface area (Å²) in [4.78, 5) is -0.625. The van der Waals surface area contributed by atoms with Crippen LogP contribution in [0.5, 0.6) is 5.75 Å². The van der Waals surface area contributed by atoms with E-state index < -0.39 is 38.2 Å². The summed E-state index contributed by atoms with van der Waals surface area (Å²) in [6.45, 7) is 0. The zero-order chi connectivity index (χ0) is 20.7. The van der Waals surface area contributed by atoms with Gasteiger partial charge in [-0.3, -0.25) is 4.55 Å². The number of alkyl halides is 3. The summed E-state index contributed by atoms with van der Waals surface area (Å²) in [6.07, 6.45) is -4.66. The molecule has 0 aliphatic heterocycles. The standard InChI is InChI=1S/C17H12F3N3O4S.Na/c18-17(19,20)11-3-1-2-4-13(11)22-23-16-12(21)6-5-9-7-10(28(25,26)27)8-14(24)15(9)16;/h1-8,24H,21H2,(H,25,26,27);/q;+1/p-1. The van der Waals surface area contributed by atoms with Crippen LogP contribution in [0.4, 0.5) is 30.2 Å². The fourth-order valence-corrected chi connectivity index (χ4v) is 3.09. The Balaban J connectivity index is 0.00000300. The van der Waals surface area contributed by atoms with E-state index in [-0.39, 0.29) is 51.7 Å². The van der Waals surface area contributed by atoms with Gasteiger partial charge >= 0.3 is 35.7 Å². The van der Waals surface area contributed by atoms with Crippen molar-refractivity contribution < 1.29 is 60.8 Å². The Kier molecular flexibility index (Phi) is 6.60. The number of nitrogens with two attached hydrogens (primary N) is 1. The molecule has 3 rings (SSSR count). The van der Waals surface area contributed by atoms with E-state index in [0.717, 1.165) is 18.2 Å². The van der Waals surface area contributed by atoms with E-state index >= 15 is 0 Å². The van der Waals surface area contributed by atoms with E-state index in [0.29, 0.717) is 6.07 Å². The molecule has 12 heteroatoms. The van der Waals surface area contributed by atoms with Gasteiger partial charge in [-0.1, -0.05) is 23.9 Å². The van der Waals surface area contributed by atoms with Gasteiger partial charge in [-0.25, -0.2) is 0 Å². The minimum atomic E-state index is -4.66. The molecular weight excluding hydrogens is 422 g/mol. The van der Waals surface area contributed by atoms with Gasteiger partial charge < -0.3 is 10.8 Å². The molecular formula is C17H11F3N3NaO4S. The minimum absolute atomic E-state index is 0. The van der Waals surface area contributed by atoms with Gasteiger partial charge in [0.1, 0.15) is 5.69 Å². The Bertz CT molecular complexity index is 1210. The van der Waals surface area contributed by atoms with Crippen molar-refractivity contribution in [1.82, 2.24) is 0 Å². The number of azo groups is 1. The van der Waals surface area contributed by atoms with Gasteiger partial charge in [0.2, 0.25) is 0 Å². The topological polar surface area (TPSA) is 128 Å². The van der Waals surface area contributed by atoms with Crippen LogP contribution >= 0.6 is 0 Å². The van der Waals surface area contributed by atoms with E-state index in [4.69, 9.17) is 10.3 Å². The van der Waals surface area contributed by atoms with Crippen molar-refractivity contribution in [3.05, 3.63) is 54.1 Å². The number of halogens is 3. The van der Waals surface area contributed by atoms with E-state index in [1.807, 2.05) is 0 Å². The third kappa shape index (κ3) is 4.87. The van der Waals surface area contributed by atoms with Gasteiger partial charge in [0, 0.05) is 5.39 Å². The van der Waals surface area contributed by atoms with Gasteiger partial charge in [-0.15, -0.1) is 10.2 Å². The Morgan fingerprint density at radius 1 is 1.03 bits per heavy atom. The fourth-order valence-electron chi connectivity index (χ4n) is 2.56. The van der Waals surface area contributed by atoms with Crippen LogP contribution in [0.3, 0.4) is 0 Å². The molecule has 0 heterocycles. The molecule has 0 aliphatic carbocycles. The number of anilines is 1. The molecule has 146 valence electrons. The summed E-state index contributed by atoms with van der Waals surface area (Å²) in [5.74, 6) is -0.838.